The second-order valence-corrected chi connectivity index (χ2v) is 7.33. The summed E-state index contributed by atoms with van der Waals surface area (Å²) in [5.74, 6) is 0.921. The first-order chi connectivity index (χ1) is 13.2. The van der Waals surface area contributed by atoms with Crippen LogP contribution in [0.25, 0.3) is 5.69 Å². The van der Waals surface area contributed by atoms with Crippen molar-refractivity contribution >= 4 is 5.96 Å². The average Bonchev–Trinajstić information content (AvgIpc) is 3.30. The molecule has 0 radical (unpaired) electrons. The highest BCUT2D eigenvalue weighted by Gasteiger charge is 2.42. The number of aromatic nitrogens is 2. The molecule has 0 saturated heterocycles. The second kappa shape index (κ2) is 9.04. The summed E-state index contributed by atoms with van der Waals surface area (Å²) in [6.45, 7) is 5.42. The van der Waals surface area contributed by atoms with Crippen LogP contribution in [0.1, 0.15) is 31.7 Å². The lowest BCUT2D eigenvalue weighted by Crippen LogP contribution is -2.41. The Morgan fingerprint density at radius 3 is 2.78 bits per heavy atom. The molecule has 1 N–H and O–H groups in total. The van der Waals surface area contributed by atoms with E-state index >= 15 is 0 Å². The van der Waals surface area contributed by atoms with E-state index in [0.717, 1.165) is 49.9 Å². The molecular formula is C21H31N5O. The highest BCUT2D eigenvalue weighted by Crippen LogP contribution is 2.48. The fourth-order valence-electron chi connectivity index (χ4n) is 3.29. The highest BCUT2D eigenvalue weighted by molar-refractivity contribution is 5.79. The molecule has 0 bridgehead atoms. The van der Waals surface area contributed by atoms with Crippen LogP contribution in [-0.4, -0.2) is 54.5 Å². The second-order valence-electron chi connectivity index (χ2n) is 7.33. The quantitative estimate of drug-likeness (QED) is 0.419. The van der Waals surface area contributed by atoms with Gasteiger partial charge >= 0.3 is 0 Å². The maximum atomic E-state index is 5.53. The number of guanidine groups is 1. The Balaban J connectivity index is 1.52. The minimum atomic E-state index is 0.393. The lowest BCUT2D eigenvalue weighted by molar-refractivity contribution is 0.128. The first kappa shape index (κ1) is 19.4. The van der Waals surface area contributed by atoms with Gasteiger partial charge in [-0.2, -0.15) is 5.10 Å². The zero-order valence-corrected chi connectivity index (χ0v) is 16.7. The predicted octanol–water partition coefficient (Wildman–Crippen LogP) is 3.09. The van der Waals surface area contributed by atoms with Crippen LogP contribution in [0.3, 0.4) is 0 Å². The van der Waals surface area contributed by atoms with Gasteiger partial charge in [0.2, 0.25) is 0 Å². The average molecular weight is 370 g/mol. The van der Waals surface area contributed by atoms with Crippen LogP contribution in [0, 0.1) is 5.41 Å². The molecule has 6 nitrogen and oxygen atoms in total. The van der Waals surface area contributed by atoms with Gasteiger partial charge in [0.05, 0.1) is 11.9 Å². The first-order valence-electron chi connectivity index (χ1n) is 9.74. The van der Waals surface area contributed by atoms with Gasteiger partial charge in [-0.1, -0.05) is 18.2 Å². The normalized spacial score (nSPS) is 15.6. The highest BCUT2D eigenvalue weighted by atomic mass is 16.5. The summed E-state index contributed by atoms with van der Waals surface area (Å²) < 4.78 is 7.44. The molecule has 3 rings (SSSR count). The maximum absolute atomic E-state index is 5.53. The van der Waals surface area contributed by atoms with Crippen LogP contribution in [-0.2, 0) is 11.3 Å². The Labute approximate surface area is 162 Å². The molecule has 1 aliphatic carbocycles. The Kier molecular flexibility index (Phi) is 6.50. The van der Waals surface area contributed by atoms with Crippen molar-refractivity contribution in [2.75, 3.05) is 33.9 Å². The van der Waals surface area contributed by atoms with E-state index in [1.165, 1.54) is 12.8 Å². The topological polar surface area (TPSA) is 54.7 Å². The van der Waals surface area contributed by atoms with Gasteiger partial charge < -0.3 is 15.0 Å². The minimum Gasteiger partial charge on any atom is -0.382 e. The third-order valence-corrected chi connectivity index (χ3v) is 5.21. The van der Waals surface area contributed by atoms with Crippen molar-refractivity contribution in [3.63, 3.8) is 0 Å². The number of hydrogen-bond donors (Lipinski definition) is 1. The zero-order valence-electron chi connectivity index (χ0n) is 16.7. The summed E-state index contributed by atoms with van der Waals surface area (Å²) in [5, 5.41) is 8.03. The Bertz CT molecular complexity index is 736. The van der Waals surface area contributed by atoms with E-state index in [1.807, 2.05) is 36.1 Å². The molecule has 27 heavy (non-hydrogen) atoms. The number of ether oxygens (including phenoxy) is 1. The SMILES string of the molecule is CCOCCC1(CNC(=NC)N(C)Cc2cnn(-c3ccccc3)c2)CC1. The van der Waals surface area contributed by atoms with Crippen molar-refractivity contribution in [3.8, 4) is 5.69 Å². The van der Waals surface area contributed by atoms with Gasteiger partial charge in [-0.05, 0) is 43.7 Å². The Hall–Kier alpha value is -2.34. The van der Waals surface area contributed by atoms with Crippen molar-refractivity contribution in [2.24, 2.45) is 10.4 Å². The van der Waals surface area contributed by atoms with Crippen molar-refractivity contribution < 1.29 is 4.74 Å². The summed E-state index contributed by atoms with van der Waals surface area (Å²) in [6, 6.07) is 10.2. The van der Waals surface area contributed by atoms with Gasteiger partial charge in [-0.25, -0.2) is 4.68 Å². The number of benzene rings is 1. The number of nitrogens with zero attached hydrogens (tertiary/aromatic N) is 4. The van der Waals surface area contributed by atoms with E-state index in [1.54, 1.807) is 0 Å². The lowest BCUT2D eigenvalue weighted by atomic mass is 10.0. The van der Waals surface area contributed by atoms with Crippen LogP contribution < -0.4 is 5.32 Å². The van der Waals surface area contributed by atoms with Gasteiger partial charge in [0.25, 0.3) is 0 Å². The van der Waals surface area contributed by atoms with Crippen LogP contribution >= 0.6 is 0 Å². The molecule has 2 aromatic rings. The predicted molar refractivity (Wildman–Crippen MR) is 109 cm³/mol. The Morgan fingerprint density at radius 2 is 2.11 bits per heavy atom. The van der Waals surface area contributed by atoms with E-state index in [2.05, 4.69) is 52.6 Å². The molecule has 0 unspecified atom stereocenters. The van der Waals surface area contributed by atoms with Crippen molar-refractivity contribution in [3.05, 3.63) is 48.3 Å². The molecule has 1 aromatic carbocycles. The minimum absolute atomic E-state index is 0.393. The fraction of sp³-hybridized carbons (Fsp3) is 0.524. The molecule has 0 amide bonds. The van der Waals surface area contributed by atoms with Gasteiger partial charge in [0.1, 0.15) is 0 Å². The number of para-hydroxylation sites is 1. The van der Waals surface area contributed by atoms with Gasteiger partial charge in [-0.15, -0.1) is 0 Å². The van der Waals surface area contributed by atoms with Gasteiger partial charge in [0.15, 0.2) is 5.96 Å². The Morgan fingerprint density at radius 1 is 1.33 bits per heavy atom. The lowest BCUT2D eigenvalue weighted by Gasteiger charge is -2.24. The number of hydrogen-bond acceptors (Lipinski definition) is 3. The monoisotopic (exact) mass is 369 g/mol. The van der Waals surface area contributed by atoms with Crippen LogP contribution in [0.2, 0.25) is 0 Å². The molecular weight excluding hydrogens is 338 g/mol. The molecule has 0 spiro atoms. The molecule has 0 atom stereocenters. The molecule has 1 aromatic heterocycles. The summed E-state index contributed by atoms with van der Waals surface area (Å²) in [6.07, 6.45) is 7.67. The molecule has 0 aliphatic heterocycles. The van der Waals surface area contributed by atoms with Crippen LogP contribution in [0.4, 0.5) is 0 Å². The third-order valence-electron chi connectivity index (χ3n) is 5.21. The zero-order chi connectivity index (χ0) is 19.1. The van der Waals surface area contributed by atoms with Crippen molar-refractivity contribution in [1.82, 2.24) is 20.0 Å². The smallest absolute Gasteiger partial charge is 0.193 e. The van der Waals surface area contributed by atoms with Crippen LogP contribution in [0.5, 0.6) is 0 Å². The maximum Gasteiger partial charge on any atom is 0.193 e. The summed E-state index contributed by atoms with van der Waals surface area (Å²) in [5.41, 5.74) is 2.62. The van der Waals surface area contributed by atoms with Gasteiger partial charge in [-0.3, -0.25) is 4.99 Å². The first-order valence-corrected chi connectivity index (χ1v) is 9.74. The molecule has 1 saturated carbocycles. The molecule has 146 valence electrons. The van der Waals surface area contributed by atoms with Crippen molar-refractivity contribution in [1.29, 1.82) is 0 Å². The summed E-state index contributed by atoms with van der Waals surface area (Å²) in [7, 11) is 3.90. The molecule has 6 heteroatoms. The van der Waals surface area contributed by atoms with E-state index in [-0.39, 0.29) is 0 Å². The molecule has 1 fully saturated rings. The number of rotatable bonds is 9. The van der Waals surface area contributed by atoms with Crippen LogP contribution in [0.15, 0.2) is 47.7 Å². The van der Waals surface area contributed by atoms with Gasteiger partial charge in [0, 0.05) is 52.2 Å². The van der Waals surface area contributed by atoms with E-state index < -0.39 is 0 Å². The van der Waals surface area contributed by atoms with E-state index in [9.17, 15) is 0 Å². The fourth-order valence-corrected chi connectivity index (χ4v) is 3.29. The van der Waals surface area contributed by atoms with E-state index in [4.69, 9.17) is 4.74 Å². The molecule has 1 heterocycles. The standard InChI is InChI=1S/C21H31N5O/c1-4-27-13-12-21(10-11-21)17-23-20(22-2)25(3)15-18-14-24-26(16-18)19-8-6-5-7-9-19/h5-9,14,16H,4,10-13,15,17H2,1-3H3,(H,22,23). The summed E-state index contributed by atoms with van der Waals surface area (Å²) in [4.78, 5) is 6.59. The summed E-state index contributed by atoms with van der Waals surface area (Å²) >= 11 is 0. The number of aliphatic imine (C=N–C) groups is 1. The largest absolute Gasteiger partial charge is 0.382 e. The number of nitrogens with one attached hydrogen (secondary N) is 1. The third kappa shape index (κ3) is 5.32. The van der Waals surface area contributed by atoms with Crippen molar-refractivity contribution in [2.45, 2.75) is 32.7 Å². The molecule has 1 aliphatic rings. The van der Waals surface area contributed by atoms with E-state index in [0.29, 0.717) is 5.41 Å².